The van der Waals surface area contributed by atoms with Gasteiger partial charge in [-0.25, -0.2) is 0 Å². The van der Waals surface area contributed by atoms with Crippen LogP contribution >= 0.6 is 0 Å². The molecule has 0 unspecified atom stereocenters. The Morgan fingerprint density at radius 3 is 2.26 bits per heavy atom. The van der Waals surface area contributed by atoms with Crippen LogP contribution in [0.3, 0.4) is 0 Å². The van der Waals surface area contributed by atoms with Crippen LogP contribution in [0.2, 0.25) is 0 Å². The molecular formula is C14H28N4O. The van der Waals surface area contributed by atoms with Crippen LogP contribution in [0.15, 0.2) is 0 Å². The predicted molar refractivity (Wildman–Crippen MR) is 77.0 cm³/mol. The standard InChI is InChI=1S/C14H28N4O/c15-6-1-2-7-17-9-11-18(12-10-17)8-5-14(19)16-13-3-4-13/h13H,1-12,15H2,(H,16,19). The van der Waals surface area contributed by atoms with Crippen molar-refractivity contribution >= 4 is 5.91 Å². The van der Waals surface area contributed by atoms with E-state index < -0.39 is 0 Å². The lowest BCUT2D eigenvalue weighted by Crippen LogP contribution is -2.47. The Labute approximate surface area is 116 Å². The van der Waals surface area contributed by atoms with Gasteiger partial charge >= 0.3 is 0 Å². The van der Waals surface area contributed by atoms with Gasteiger partial charge in [-0.3, -0.25) is 4.79 Å². The second-order valence-electron chi connectivity index (χ2n) is 5.77. The van der Waals surface area contributed by atoms with Gasteiger partial charge in [-0.2, -0.15) is 0 Å². The van der Waals surface area contributed by atoms with Gasteiger partial charge in [0.2, 0.25) is 5.91 Å². The summed E-state index contributed by atoms with van der Waals surface area (Å²) in [6, 6.07) is 0.492. The molecule has 0 radical (unpaired) electrons. The maximum Gasteiger partial charge on any atom is 0.221 e. The SMILES string of the molecule is NCCCCN1CCN(CCC(=O)NC2CC2)CC1. The number of carbonyl (C=O) groups is 1. The summed E-state index contributed by atoms with van der Waals surface area (Å²) in [5.41, 5.74) is 5.51. The quantitative estimate of drug-likeness (QED) is 0.609. The van der Waals surface area contributed by atoms with Gasteiger partial charge in [0.25, 0.3) is 0 Å². The Morgan fingerprint density at radius 2 is 1.68 bits per heavy atom. The molecule has 1 aliphatic carbocycles. The molecule has 1 saturated carbocycles. The fourth-order valence-corrected chi connectivity index (χ4v) is 2.50. The van der Waals surface area contributed by atoms with E-state index >= 15 is 0 Å². The van der Waals surface area contributed by atoms with E-state index in [-0.39, 0.29) is 5.91 Å². The van der Waals surface area contributed by atoms with Gasteiger partial charge in [0.05, 0.1) is 0 Å². The first-order valence-corrected chi connectivity index (χ1v) is 7.72. The molecule has 5 heteroatoms. The number of piperazine rings is 1. The molecular weight excluding hydrogens is 240 g/mol. The zero-order chi connectivity index (χ0) is 13.5. The topological polar surface area (TPSA) is 61.6 Å². The highest BCUT2D eigenvalue weighted by Gasteiger charge is 2.23. The third kappa shape index (κ3) is 5.89. The largest absolute Gasteiger partial charge is 0.353 e. The molecule has 1 aliphatic heterocycles. The Balaban J connectivity index is 1.51. The molecule has 0 spiro atoms. The molecule has 0 aromatic rings. The highest BCUT2D eigenvalue weighted by Crippen LogP contribution is 2.18. The number of hydrogen-bond acceptors (Lipinski definition) is 4. The van der Waals surface area contributed by atoms with Gasteiger partial charge in [0.1, 0.15) is 0 Å². The van der Waals surface area contributed by atoms with E-state index in [1.807, 2.05) is 0 Å². The van der Waals surface area contributed by atoms with E-state index in [4.69, 9.17) is 5.73 Å². The van der Waals surface area contributed by atoms with Crippen LogP contribution < -0.4 is 11.1 Å². The lowest BCUT2D eigenvalue weighted by Gasteiger charge is -2.34. The Bertz CT molecular complexity index is 273. The van der Waals surface area contributed by atoms with Gasteiger partial charge in [0.15, 0.2) is 0 Å². The second-order valence-corrected chi connectivity index (χ2v) is 5.77. The van der Waals surface area contributed by atoms with Crippen molar-refractivity contribution in [2.45, 2.75) is 38.1 Å². The minimum absolute atomic E-state index is 0.230. The van der Waals surface area contributed by atoms with Gasteiger partial charge in [-0.15, -0.1) is 0 Å². The average molecular weight is 268 g/mol. The minimum Gasteiger partial charge on any atom is -0.353 e. The van der Waals surface area contributed by atoms with Crippen molar-refractivity contribution in [1.29, 1.82) is 0 Å². The molecule has 1 saturated heterocycles. The molecule has 2 aliphatic rings. The summed E-state index contributed by atoms with van der Waals surface area (Å²) in [7, 11) is 0. The summed E-state index contributed by atoms with van der Waals surface area (Å²) < 4.78 is 0. The van der Waals surface area contributed by atoms with Crippen LogP contribution in [-0.2, 0) is 4.79 Å². The monoisotopic (exact) mass is 268 g/mol. The smallest absolute Gasteiger partial charge is 0.221 e. The van der Waals surface area contributed by atoms with E-state index in [1.165, 1.54) is 25.8 Å². The second kappa shape index (κ2) is 7.82. The lowest BCUT2D eigenvalue weighted by atomic mass is 10.2. The summed E-state index contributed by atoms with van der Waals surface area (Å²) >= 11 is 0. The number of nitrogens with zero attached hydrogens (tertiary/aromatic N) is 2. The van der Waals surface area contributed by atoms with E-state index in [0.717, 1.165) is 45.7 Å². The first kappa shape index (κ1) is 14.8. The first-order valence-electron chi connectivity index (χ1n) is 7.72. The van der Waals surface area contributed by atoms with Crippen LogP contribution in [0.5, 0.6) is 0 Å². The van der Waals surface area contributed by atoms with Crippen LogP contribution in [0.4, 0.5) is 0 Å². The van der Waals surface area contributed by atoms with Crippen LogP contribution in [-0.4, -0.2) is 67.6 Å². The highest BCUT2D eigenvalue weighted by atomic mass is 16.1. The van der Waals surface area contributed by atoms with Gasteiger partial charge < -0.3 is 20.9 Å². The van der Waals surface area contributed by atoms with Crippen LogP contribution in [0, 0.1) is 0 Å². The normalized spacial score (nSPS) is 21.5. The van der Waals surface area contributed by atoms with Crippen LogP contribution in [0.25, 0.3) is 0 Å². The van der Waals surface area contributed by atoms with Crippen molar-refractivity contribution in [3.63, 3.8) is 0 Å². The minimum atomic E-state index is 0.230. The maximum atomic E-state index is 11.6. The number of nitrogens with two attached hydrogens (primary N) is 1. The maximum absolute atomic E-state index is 11.6. The van der Waals surface area contributed by atoms with Gasteiger partial charge in [0, 0.05) is 45.2 Å². The Morgan fingerprint density at radius 1 is 1.05 bits per heavy atom. The summed E-state index contributed by atoms with van der Waals surface area (Å²) in [5.74, 6) is 0.230. The van der Waals surface area contributed by atoms with Crippen LogP contribution in [0.1, 0.15) is 32.1 Å². The molecule has 5 nitrogen and oxygen atoms in total. The van der Waals surface area contributed by atoms with E-state index in [0.29, 0.717) is 12.5 Å². The molecule has 110 valence electrons. The van der Waals surface area contributed by atoms with Crippen molar-refractivity contribution in [1.82, 2.24) is 15.1 Å². The summed E-state index contributed by atoms with van der Waals surface area (Å²) in [4.78, 5) is 16.5. The van der Waals surface area contributed by atoms with Gasteiger partial charge in [-0.05, 0) is 38.8 Å². The average Bonchev–Trinajstić information content (AvgIpc) is 3.22. The zero-order valence-electron chi connectivity index (χ0n) is 11.9. The fraction of sp³-hybridized carbons (Fsp3) is 0.929. The van der Waals surface area contributed by atoms with Crippen molar-refractivity contribution in [3.05, 3.63) is 0 Å². The number of hydrogen-bond donors (Lipinski definition) is 2. The fourth-order valence-electron chi connectivity index (χ4n) is 2.50. The first-order chi connectivity index (χ1) is 9.28. The number of carbonyl (C=O) groups excluding carboxylic acids is 1. The predicted octanol–water partition coefficient (Wildman–Crippen LogP) is 0.0116. The third-order valence-corrected chi connectivity index (χ3v) is 3.99. The van der Waals surface area contributed by atoms with E-state index in [1.54, 1.807) is 0 Å². The van der Waals surface area contributed by atoms with Crippen molar-refractivity contribution in [2.24, 2.45) is 5.73 Å². The molecule has 0 aromatic carbocycles. The highest BCUT2D eigenvalue weighted by molar-refractivity contribution is 5.76. The van der Waals surface area contributed by atoms with E-state index in [2.05, 4.69) is 15.1 Å². The third-order valence-electron chi connectivity index (χ3n) is 3.99. The molecule has 0 aromatic heterocycles. The van der Waals surface area contributed by atoms with Crippen molar-refractivity contribution in [2.75, 3.05) is 45.8 Å². The molecule has 2 rings (SSSR count). The molecule has 19 heavy (non-hydrogen) atoms. The molecule has 1 amide bonds. The Kier molecular flexibility index (Phi) is 6.07. The number of rotatable bonds is 8. The summed E-state index contributed by atoms with van der Waals surface area (Å²) in [5, 5.41) is 3.05. The number of unbranched alkanes of at least 4 members (excludes halogenated alkanes) is 1. The molecule has 0 bridgehead atoms. The van der Waals surface area contributed by atoms with E-state index in [9.17, 15) is 4.79 Å². The summed E-state index contributed by atoms with van der Waals surface area (Å²) in [6.07, 6.45) is 5.34. The number of nitrogens with one attached hydrogen (secondary N) is 1. The number of amides is 1. The van der Waals surface area contributed by atoms with Crippen molar-refractivity contribution in [3.8, 4) is 0 Å². The van der Waals surface area contributed by atoms with Crippen molar-refractivity contribution < 1.29 is 4.79 Å². The Hall–Kier alpha value is -0.650. The van der Waals surface area contributed by atoms with Gasteiger partial charge in [-0.1, -0.05) is 0 Å². The zero-order valence-corrected chi connectivity index (χ0v) is 11.9. The molecule has 1 heterocycles. The molecule has 2 fully saturated rings. The molecule has 0 atom stereocenters. The lowest BCUT2D eigenvalue weighted by molar-refractivity contribution is -0.121. The molecule has 3 N–H and O–H groups in total. The summed E-state index contributed by atoms with van der Waals surface area (Å²) in [6.45, 7) is 7.35.